The molecule has 0 atom stereocenters. The number of halogens is 4. The maximum atomic E-state index is 13.5. The predicted molar refractivity (Wildman–Crippen MR) is 223 cm³/mol. The van der Waals surface area contributed by atoms with Crippen molar-refractivity contribution in [3.05, 3.63) is 119 Å². The zero-order valence-corrected chi connectivity index (χ0v) is 35.4. The highest BCUT2D eigenvalue weighted by atomic mass is 32.2. The number of aromatic nitrogens is 2. The number of sulfonamides is 2. The van der Waals surface area contributed by atoms with Gasteiger partial charge in [-0.3, -0.25) is 0 Å². The van der Waals surface area contributed by atoms with Crippen LogP contribution < -0.4 is 19.3 Å². The lowest BCUT2D eigenvalue weighted by atomic mass is 10.1. The van der Waals surface area contributed by atoms with Gasteiger partial charge in [-0.25, -0.2) is 44.4 Å². The number of rotatable bonds is 10. The molecule has 2 aliphatic heterocycles. The maximum absolute atomic E-state index is 13.5. The third-order valence-electron chi connectivity index (χ3n) is 9.77. The van der Waals surface area contributed by atoms with Gasteiger partial charge in [-0.2, -0.15) is 8.61 Å². The van der Waals surface area contributed by atoms with Crippen molar-refractivity contribution in [2.24, 2.45) is 0 Å². The Kier molecular flexibility index (Phi) is 13.1. The molecule has 2 fully saturated rings. The lowest BCUT2D eigenvalue weighted by Gasteiger charge is -2.33. The topological polar surface area (TPSA) is 125 Å². The minimum absolute atomic E-state index is 0.224. The lowest BCUT2D eigenvalue weighted by Crippen LogP contribution is -2.48. The van der Waals surface area contributed by atoms with Gasteiger partial charge in [-0.15, -0.1) is 22.7 Å². The molecule has 0 spiro atoms. The Labute approximate surface area is 353 Å². The number of methoxy groups -OCH3 is 2. The fraction of sp³-hybridized carbons (Fsp3) is 0.250. The SMILES string of the molecule is COc1ccc(S(=O)(=O)N2CCN(c3nc(-c4cc(F)cc(F)c4)cs3)CC2)cc1.COc1ccc(S(=O)(=O)N2CCN(c3nc(-c4ccc(F)c(F)c4)cs3)CC2)cc1. The molecule has 20 heteroatoms. The van der Waals surface area contributed by atoms with E-state index in [9.17, 15) is 34.4 Å². The van der Waals surface area contributed by atoms with Gasteiger partial charge in [-0.1, -0.05) is 0 Å². The summed E-state index contributed by atoms with van der Waals surface area (Å²) in [6.45, 7) is 3.21. The van der Waals surface area contributed by atoms with Crippen LogP contribution in [0.4, 0.5) is 27.8 Å². The Balaban J connectivity index is 0.000000181. The van der Waals surface area contributed by atoms with Gasteiger partial charge in [0.05, 0.1) is 35.4 Å². The quantitative estimate of drug-likeness (QED) is 0.130. The molecule has 4 aromatic carbocycles. The smallest absolute Gasteiger partial charge is 0.243 e. The van der Waals surface area contributed by atoms with E-state index in [1.807, 2.05) is 9.80 Å². The number of benzene rings is 4. The summed E-state index contributed by atoms with van der Waals surface area (Å²) in [5.74, 6) is -1.94. The highest BCUT2D eigenvalue weighted by molar-refractivity contribution is 7.89. The molecular formula is C40H38F4N6O6S4. The molecule has 2 aliphatic rings. The number of anilines is 2. The zero-order valence-electron chi connectivity index (χ0n) is 32.2. The van der Waals surface area contributed by atoms with E-state index in [0.717, 1.165) is 23.3 Å². The molecule has 2 saturated heterocycles. The minimum atomic E-state index is -3.59. The van der Waals surface area contributed by atoms with Gasteiger partial charge in [-0.05, 0) is 78.9 Å². The van der Waals surface area contributed by atoms with E-state index in [4.69, 9.17) is 9.47 Å². The standard InChI is InChI=1S/2C20H19F2N3O3S2/c1-28-15-3-5-16(6-4-15)30(26,27)25-10-8-24(9-11-25)20-23-19(13-29-20)14-2-7-17(21)18(22)12-14;1-28-17-2-4-18(5-3-17)30(26,27)25-8-6-24(7-9-25)20-23-19(13-29-20)14-10-15(21)12-16(22)11-14/h2-7,12-13H,8-11H2,1H3;2-5,10-13H,6-9H2,1H3. The second-order valence-corrected chi connectivity index (χ2v) is 19.0. The summed E-state index contributed by atoms with van der Waals surface area (Å²) in [4.78, 5) is 13.4. The first-order chi connectivity index (χ1) is 28.7. The van der Waals surface area contributed by atoms with E-state index in [0.29, 0.717) is 91.5 Å². The zero-order chi connectivity index (χ0) is 42.6. The van der Waals surface area contributed by atoms with Crippen LogP contribution in [-0.4, -0.2) is 102 Å². The summed E-state index contributed by atoms with van der Waals surface area (Å²) in [6.07, 6.45) is 0. The Bertz CT molecular complexity index is 2630. The van der Waals surface area contributed by atoms with Gasteiger partial charge in [0, 0.05) is 80.3 Å². The summed E-state index contributed by atoms with van der Waals surface area (Å²) in [5, 5.41) is 4.93. The molecule has 316 valence electrons. The van der Waals surface area contributed by atoms with Crippen molar-refractivity contribution >= 4 is 53.0 Å². The van der Waals surface area contributed by atoms with Crippen molar-refractivity contribution in [3.8, 4) is 34.0 Å². The molecule has 8 rings (SSSR count). The average molecular weight is 903 g/mol. The summed E-state index contributed by atoms with van der Waals surface area (Å²) < 4.78 is 118. The van der Waals surface area contributed by atoms with Crippen molar-refractivity contribution < 1.29 is 43.9 Å². The van der Waals surface area contributed by atoms with E-state index >= 15 is 0 Å². The molecule has 6 aromatic rings. The van der Waals surface area contributed by atoms with Gasteiger partial charge in [0.25, 0.3) is 0 Å². The summed E-state index contributed by atoms with van der Waals surface area (Å²) in [7, 11) is -4.12. The van der Waals surface area contributed by atoms with E-state index in [1.54, 1.807) is 35.0 Å². The monoisotopic (exact) mass is 902 g/mol. The minimum Gasteiger partial charge on any atom is -0.497 e. The van der Waals surface area contributed by atoms with Crippen molar-refractivity contribution in [3.63, 3.8) is 0 Å². The second-order valence-electron chi connectivity index (χ2n) is 13.5. The van der Waals surface area contributed by atoms with Gasteiger partial charge in [0.2, 0.25) is 20.0 Å². The number of nitrogens with zero attached hydrogens (tertiary/aromatic N) is 6. The molecule has 0 unspecified atom stereocenters. The predicted octanol–water partition coefficient (Wildman–Crippen LogP) is 7.22. The molecule has 0 saturated carbocycles. The number of thiazole rings is 2. The van der Waals surface area contributed by atoms with Crippen LogP contribution in [0.3, 0.4) is 0 Å². The lowest BCUT2D eigenvalue weighted by molar-refractivity contribution is 0.384. The first-order valence-electron chi connectivity index (χ1n) is 18.4. The molecule has 0 aliphatic carbocycles. The molecular weight excluding hydrogens is 865 g/mol. The fourth-order valence-corrected chi connectivity index (χ4v) is 11.1. The number of hydrogen-bond acceptors (Lipinski definition) is 12. The van der Waals surface area contributed by atoms with Crippen molar-refractivity contribution in [2.45, 2.75) is 9.79 Å². The number of piperazine rings is 2. The maximum Gasteiger partial charge on any atom is 0.243 e. The van der Waals surface area contributed by atoms with E-state index in [1.165, 1.54) is 88.0 Å². The van der Waals surface area contributed by atoms with Crippen LogP contribution in [0, 0.1) is 23.3 Å². The van der Waals surface area contributed by atoms with E-state index < -0.39 is 43.3 Å². The van der Waals surface area contributed by atoms with Crippen LogP contribution in [0.2, 0.25) is 0 Å². The van der Waals surface area contributed by atoms with Crippen molar-refractivity contribution in [1.29, 1.82) is 0 Å². The highest BCUT2D eigenvalue weighted by Gasteiger charge is 2.31. The molecule has 12 nitrogen and oxygen atoms in total. The summed E-state index contributed by atoms with van der Waals surface area (Å²) in [6, 6.07) is 19.6. The molecule has 0 bridgehead atoms. The number of ether oxygens (including phenoxy) is 2. The van der Waals surface area contributed by atoms with Crippen LogP contribution in [0.15, 0.2) is 105 Å². The molecule has 0 N–H and O–H groups in total. The van der Waals surface area contributed by atoms with Gasteiger partial charge in [0.1, 0.15) is 23.1 Å². The third-order valence-corrected chi connectivity index (χ3v) is 15.4. The Morgan fingerprint density at radius 2 is 0.933 bits per heavy atom. The highest BCUT2D eigenvalue weighted by Crippen LogP contribution is 2.32. The van der Waals surface area contributed by atoms with Crippen LogP contribution in [0.25, 0.3) is 22.5 Å². The molecule has 0 radical (unpaired) electrons. The molecule has 4 heterocycles. The van der Waals surface area contributed by atoms with Crippen LogP contribution in [-0.2, 0) is 20.0 Å². The van der Waals surface area contributed by atoms with Crippen LogP contribution >= 0.6 is 22.7 Å². The first kappa shape index (κ1) is 43.0. The van der Waals surface area contributed by atoms with E-state index in [2.05, 4.69) is 9.97 Å². The third kappa shape index (κ3) is 9.58. The number of hydrogen-bond donors (Lipinski definition) is 0. The average Bonchev–Trinajstić information content (AvgIpc) is 3.97. The molecule has 60 heavy (non-hydrogen) atoms. The van der Waals surface area contributed by atoms with Gasteiger partial charge >= 0.3 is 0 Å². The molecule has 2 aromatic heterocycles. The normalized spacial score (nSPS) is 15.4. The first-order valence-corrected chi connectivity index (χ1v) is 23.0. The van der Waals surface area contributed by atoms with Crippen molar-refractivity contribution in [2.75, 3.05) is 76.4 Å². The van der Waals surface area contributed by atoms with Gasteiger partial charge < -0.3 is 19.3 Å². The van der Waals surface area contributed by atoms with E-state index in [-0.39, 0.29) is 9.79 Å². The Hall–Kier alpha value is -5.12. The summed E-state index contributed by atoms with van der Waals surface area (Å²) >= 11 is 2.75. The Morgan fingerprint density at radius 3 is 1.33 bits per heavy atom. The second kappa shape index (κ2) is 18.2. The molecule has 0 amide bonds. The Morgan fingerprint density at radius 1 is 0.517 bits per heavy atom. The van der Waals surface area contributed by atoms with Crippen LogP contribution in [0.5, 0.6) is 11.5 Å². The van der Waals surface area contributed by atoms with Crippen LogP contribution in [0.1, 0.15) is 0 Å². The summed E-state index contributed by atoms with van der Waals surface area (Å²) in [5.41, 5.74) is 1.91. The fourth-order valence-electron chi connectivity index (χ4n) is 6.47. The largest absolute Gasteiger partial charge is 0.497 e. The van der Waals surface area contributed by atoms with Crippen molar-refractivity contribution in [1.82, 2.24) is 18.6 Å². The van der Waals surface area contributed by atoms with Gasteiger partial charge in [0.15, 0.2) is 21.9 Å².